The van der Waals surface area contributed by atoms with Gasteiger partial charge >= 0.3 is 6.03 Å². The Balaban J connectivity index is 1.53. The van der Waals surface area contributed by atoms with Crippen LogP contribution in [0.2, 0.25) is 0 Å². The molecule has 0 aromatic heterocycles. The van der Waals surface area contributed by atoms with Crippen molar-refractivity contribution >= 4 is 23.5 Å². The highest BCUT2D eigenvalue weighted by atomic mass is 16.2. The molecule has 2 fully saturated rings. The molecule has 1 N–H and O–H groups in total. The van der Waals surface area contributed by atoms with Gasteiger partial charge in [-0.15, -0.1) is 0 Å². The van der Waals surface area contributed by atoms with Gasteiger partial charge in [0, 0.05) is 12.2 Å². The first-order valence-corrected chi connectivity index (χ1v) is 8.63. The molecule has 24 heavy (non-hydrogen) atoms. The number of rotatable bonds is 2. The smallest absolute Gasteiger partial charge is 0.323 e. The van der Waals surface area contributed by atoms with Gasteiger partial charge in [-0.05, 0) is 37.3 Å². The number of nitrogens with one attached hydrogen (secondary N) is 1. The van der Waals surface area contributed by atoms with Crippen LogP contribution in [-0.4, -0.2) is 41.4 Å². The average molecular weight is 327 g/mol. The Morgan fingerprint density at radius 3 is 2.67 bits per heavy atom. The van der Waals surface area contributed by atoms with Gasteiger partial charge in [0.05, 0.1) is 0 Å². The number of nitrogens with zero attached hydrogens (tertiary/aromatic N) is 2. The summed E-state index contributed by atoms with van der Waals surface area (Å²) < 4.78 is 0. The first kappa shape index (κ1) is 15.2. The highest BCUT2D eigenvalue weighted by Gasteiger charge is 2.52. The summed E-state index contributed by atoms with van der Waals surface area (Å²) in [5.41, 5.74) is 1.29. The number of carbonyl (C=O) groups excluding carboxylic acids is 3. The van der Waals surface area contributed by atoms with Crippen LogP contribution in [0.4, 0.5) is 10.5 Å². The summed E-state index contributed by atoms with van der Waals surface area (Å²) in [4.78, 5) is 40.5. The van der Waals surface area contributed by atoms with Crippen molar-refractivity contribution in [3.05, 3.63) is 29.8 Å². The fraction of sp³-hybridized carbons (Fsp3) is 0.500. The molecule has 0 bridgehead atoms. The lowest BCUT2D eigenvalue weighted by Crippen LogP contribution is -2.47. The van der Waals surface area contributed by atoms with Crippen molar-refractivity contribution in [2.24, 2.45) is 0 Å². The molecule has 0 atom stereocenters. The number of anilines is 1. The maximum Gasteiger partial charge on any atom is 0.325 e. The van der Waals surface area contributed by atoms with Crippen LogP contribution in [0.3, 0.4) is 0 Å². The van der Waals surface area contributed by atoms with Gasteiger partial charge in [-0.25, -0.2) is 4.79 Å². The molecular formula is C18H21N3O3. The minimum absolute atomic E-state index is 0.180. The van der Waals surface area contributed by atoms with Crippen molar-refractivity contribution in [3.8, 4) is 0 Å². The fourth-order valence-electron chi connectivity index (χ4n) is 4.15. The van der Waals surface area contributed by atoms with Gasteiger partial charge < -0.3 is 10.2 Å². The number of hydrogen-bond donors (Lipinski definition) is 1. The van der Waals surface area contributed by atoms with Gasteiger partial charge in [-0.2, -0.15) is 0 Å². The lowest BCUT2D eigenvalue weighted by atomic mass is 9.98. The van der Waals surface area contributed by atoms with E-state index < -0.39 is 11.6 Å². The lowest BCUT2D eigenvalue weighted by Gasteiger charge is -2.30. The Morgan fingerprint density at radius 1 is 1.12 bits per heavy atom. The third-order valence-electron chi connectivity index (χ3n) is 5.41. The topological polar surface area (TPSA) is 69.7 Å². The molecule has 6 heteroatoms. The molecule has 2 heterocycles. The van der Waals surface area contributed by atoms with Crippen LogP contribution in [0, 0.1) is 0 Å². The number of urea groups is 1. The van der Waals surface area contributed by atoms with Crippen LogP contribution >= 0.6 is 0 Å². The van der Waals surface area contributed by atoms with E-state index in [1.165, 1.54) is 0 Å². The molecule has 4 rings (SSSR count). The van der Waals surface area contributed by atoms with E-state index in [4.69, 9.17) is 0 Å². The summed E-state index contributed by atoms with van der Waals surface area (Å²) in [5.74, 6) is -0.427. The van der Waals surface area contributed by atoms with Crippen LogP contribution in [0.1, 0.15) is 37.7 Å². The Hall–Kier alpha value is -2.37. The van der Waals surface area contributed by atoms with Crippen molar-refractivity contribution in [2.75, 3.05) is 18.0 Å². The summed E-state index contributed by atoms with van der Waals surface area (Å²) in [6.07, 6.45) is 5.07. The van der Waals surface area contributed by atoms with E-state index >= 15 is 0 Å². The molecule has 1 saturated heterocycles. The predicted molar refractivity (Wildman–Crippen MR) is 88.6 cm³/mol. The predicted octanol–water partition coefficient (Wildman–Crippen LogP) is 1.83. The molecular weight excluding hydrogens is 306 g/mol. The van der Waals surface area contributed by atoms with Crippen molar-refractivity contribution in [2.45, 2.75) is 44.1 Å². The monoisotopic (exact) mass is 327 g/mol. The van der Waals surface area contributed by atoms with E-state index in [0.717, 1.165) is 41.8 Å². The SMILES string of the molecule is O=C1NC2(CCCC2)C(=O)N1CC(=O)N1CCCc2ccccc21. The van der Waals surface area contributed by atoms with E-state index in [0.29, 0.717) is 19.4 Å². The van der Waals surface area contributed by atoms with Crippen LogP contribution in [0.25, 0.3) is 0 Å². The summed E-state index contributed by atoms with van der Waals surface area (Å²) in [6, 6.07) is 7.40. The zero-order valence-corrected chi connectivity index (χ0v) is 13.6. The first-order valence-electron chi connectivity index (χ1n) is 8.63. The lowest BCUT2D eigenvalue weighted by molar-refractivity contribution is -0.134. The summed E-state index contributed by atoms with van der Waals surface area (Å²) >= 11 is 0. The maximum absolute atomic E-state index is 12.8. The molecule has 0 unspecified atom stereocenters. The first-order chi connectivity index (χ1) is 11.6. The standard InChI is InChI=1S/C18H21N3O3/c22-15(20-11-5-7-13-6-1-2-8-14(13)20)12-21-16(23)18(19-17(21)24)9-3-4-10-18/h1-2,6,8H,3-5,7,9-12H2,(H,19,24). The number of aryl methyl sites for hydroxylation is 1. The zero-order valence-electron chi connectivity index (χ0n) is 13.6. The van der Waals surface area contributed by atoms with E-state index in [1.54, 1.807) is 4.90 Å². The Bertz CT molecular complexity index is 709. The molecule has 1 aromatic rings. The summed E-state index contributed by atoms with van der Waals surface area (Å²) in [7, 11) is 0. The molecule has 1 spiro atoms. The Labute approximate surface area is 140 Å². The maximum atomic E-state index is 12.8. The summed E-state index contributed by atoms with van der Waals surface area (Å²) in [6.45, 7) is 0.450. The normalized spacial score (nSPS) is 22.0. The number of carbonyl (C=O) groups is 3. The molecule has 126 valence electrons. The number of hydrogen-bond acceptors (Lipinski definition) is 3. The van der Waals surface area contributed by atoms with Crippen molar-refractivity contribution < 1.29 is 14.4 Å². The van der Waals surface area contributed by atoms with E-state index in [-0.39, 0.29) is 18.4 Å². The number of benzene rings is 1. The minimum Gasteiger partial charge on any atom is -0.323 e. The van der Waals surface area contributed by atoms with Crippen molar-refractivity contribution in [3.63, 3.8) is 0 Å². The highest BCUT2D eigenvalue weighted by Crippen LogP contribution is 2.35. The minimum atomic E-state index is -0.753. The van der Waals surface area contributed by atoms with Crippen LogP contribution in [0.15, 0.2) is 24.3 Å². The molecule has 1 aliphatic carbocycles. The van der Waals surface area contributed by atoms with Gasteiger partial charge in [-0.3, -0.25) is 14.5 Å². The van der Waals surface area contributed by atoms with Gasteiger partial charge in [-0.1, -0.05) is 31.0 Å². The molecule has 0 radical (unpaired) electrons. The average Bonchev–Trinajstić information content (AvgIpc) is 3.15. The Morgan fingerprint density at radius 2 is 1.88 bits per heavy atom. The molecule has 1 aromatic carbocycles. The van der Waals surface area contributed by atoms with Crippen LogP contribution < -0.4 is 10.2 Å². The highest BCUT2D eigenvalue weighted by molar-refractivity contribution is 6.10. The van der Waals surface area contributed by atoms with Gasteiger partial charge in [0.2, 0.25) is 5.91 Å². The molecule has 3 aliphatic rings. The van der Waals surface area contributed by atoms with Gasteiger partial charge in [0.25, 0.3) is 5.91 Å². The molecule has 4 amide bonds. The third kappa shape index (κ3) is 2.28. The summed E-state index contributed by atoms with van der Waals surface area (Å²) in [5, 5.41) is 2.82. The molecule has 6 nitrogen and oxygen atoms in total. The van der Waals surface area contributed by atoms with Crippen LogP contribution in [0.5, 0.6) is 0 Å². The number of imide groups is 1. The Kier molecular flexibility index (Phi) is 3.55. The third-order valence-corrected chi connectivity index (χ3v) is 5.41. The van der Waals surface area contributed by atoms with Crippen molar-refractivity contribution in [1.82, 2.24) is 10.2 Å². The second kappa shape index (κ2) is 5.61. The second-order valence-electron chi connectivity index (χ2n) is 6.89. The van der Waals surface area contributed by atoms with Gasteiger partial charge in [0.1, 0.15) is 12.1 Å². The zero-order chi connectivity index (χ0) is 16.7. The second-order valence-corrected chi connectivity index (χ2v) is 6.89. The largest absolute Gasteiger partial charge is 0.325 e. The number of para-hydroxylation sites is 1. The molecule has 1 saturated carbocycles. The number of fused-ring (bicyclic) bond motifs is 1. The van der Waals surface area contributed by atoms with Crippen LogP contribution in [-0.2, 0) is 16.0 Å². The number of amides is 4. The van der Waals surface area contributed by atoms with E-state index in [9.17, 15) is 14.4 Å². The quantitative estimate of drug-likeness (QED) is 0.843. The van der Waals surface area contributed by atoms with E-state index in [2.05, 4.69) is 5.32 Å². The van der Waals surface area contributed by atoms with Gasteiger partial charge in [0.15, 0.2) is 0 Å². The van der Waals surface area contributed by atoms with E-state index in [1.807, 2.05) is 24.3 Å². The fourth-order valence-corrected chi connectivity index (χ4v) is 4.15. The molecule has 2 aliphatic heterocycles. The van der Waals surface area contributed by atoms with Crippen molar-refractivity contribution in [1.29, 1.82) is 0 Å².